The summed E-state index contributed by atoms with van der Waals surface area (Å²) < 4.78 is 9.48. The maximum absolute atomic E-state index is 11.1. The van der Waals surface area contributed by atoms with E-state index in [1.807, 2.05) is 46.9 Å². The zero-order valence-electron chi connectivity index (χ0n) is 27.4. The Bertz CT molecular complexity index is 1030. The number of thioether (sulfide) groups is 2. The van der Waals surface area contributed by atoms with Gasteiger partial charge in [-0.1, -0.05) is 68.1 Å². The molecule has 8 nitrogen and oxygen atoms in total. The van der Waals surface area contributed by atoms with Crippen LogP contribution >= 0.6 is 23.5 Å². The van der Waals surface area contributed by atoms with Crippen molar-refractivity contribution in [3.05, 3.63) is 54.6 Å². The molecule has 1 fully saturated rings. The summed E-state index contributed by atoms with van der Waals surface area (Å²) in [4.78, 5) is 32.4. The van der Waals surface area contributed by atoms with Crippen LogP contribution in [0.25, 0.3) is 11.1 Å². The van der Waals surface area contributed by atoms with E-state index in [9.17, 15) is 14.4 Å². The monoisotopic (exact) mass is 635 g/mol. The molecule has 0 aromatic heterocycles. The van der Waals surface area contributed by atoms with E-state index in [2.05, 4.69) is 69.2 Å². The van der Waals surface area contributed by atoms with Gasteiger partial charge in [0.05, 0.1) is 12.7 Å². The second-order valence-corrected chi connectivity index (χ2v) is 12.5. The number of nitrogens with one attached hydrogen (secondary N) is 3. The van der Waals surface area contributed by atoms with Crippen molar-refractivity contribution < 1.29 is 23.9 Å². The molecule has 0 saturated carbocycles. The number of anilines is 1. The van der Waals surface area contributed by atoms with E-state index in [4.69, 9.17) is 4.74 Å². The van der Waals surface area contributed by atoms with Crippen LogP contribution in [0.3, 0.4) is 0 Å². The van der Waals surface area contributed by atoms with Crippen LogP contribution in [0.5, 0.6) is 0 Å². The molecule has 0 spiro atoms. The quantitative estimate of drug-likeness (QED) is 0.194. The van der Waals surface area contributed by atoms with E-state index in [1.54, 1.807) is 18.9 Å². The Morgan fingerprint density at radius 2 is 1.70 bits per heavy atom. The molecule has 3 rings (SSSR count). The van der Waals surface area contributed by atoms with Gasteiger partial charge in [0.25, 0.3) is 0 Å². The van der Waals surface area contributed by atoms with E-state index >= 15 is 0 Å². The molecule has 2 aromatic rings. The van der Waals surface area contributed by atoms with Crippen molar-refractivity contribution in [1.82, 2.24) is 10.6 Å². The van der Waals surface area contributed by atoms with Crippen LogP contribution in [0.2, 0.25) is 0 Å². The van der Waals surface area contributed by atoms with Crippen LogP contribution in [0, 0.1) is 0 Å². The molecule has 1 heterocycles. The van der Waals surface area contributed by atoms with Crippen molar-refractivity contribution in [2.24, 2.45) is 0 Å². The maximum atomic E-state index is 11.1. The van der Waals surface area contributed by atoms with Crippen molar-refractivity contribution in [2.45, 2.75) is 77.3 Å². The van der Waals surface area contributed by atoms with E-state index in [0.717, 1.165) is 36.6 Å². The number of rotatable bonds is 11. The summed E-state index contributed by atoms with van der Waals surface area (Å²) in [5.74, 6) is 0.223. The molecule has 2 unspecified atom stereocenters. The van der Waals surface area contributed by atoms with Gasteiger partial charge in [-0.25, -0.2) is 4.79 Å². The molecule has 1 amide bonds. The van der Waals surface area contributed by atoms with Crippen molar-refractivity contribution in [3.63, 3.8) is 0 Å². The molecular formula is C33H53N3O5S2. The summed E-state index contributed by atoms with van der Waals surface area (Å²) in [5.41, 5.74) is 4.58. The predicted octanol–water partition coefficient (Wildman–Crippen LogP) is 6.29. The molecule has 10 heteroatoms. The van der Waals surface area contributed by atoms with E-state index in [1.165, 1.54) is 36.9 Å². The Balaban J connectivity index is 0.000000715. The van der Waals surface area contributed by atoms with E-state index < -0.39 is 6.04 Å². The normalized spacial score (nSPS) is 16.0. The van der Waals surface area contributed by atoms with Gasteiger partial charge >= 0.3 is 5.97 Å². The number of methoxy groups -OCH3 is 2. The predicted molar refractivity (Wildman–Crippen MR) is 186 cm³/mol. The largest absolute Gasteiger partial charge is 0.467 e. The summed E-state index contributed by atoms with van der Waals surface area (Å²) >= 11 is 3.02. The smallest absolute Gasteiger partial charge is 0.328 e. The summed E-state index contributed by atoms with van der Waals surface area (Å²) in [7, 11) is 3.02. The first-order valence-corrected chi connectivity index (χ1v) is 17.0. The van der Waals surface area contributed by atoms with Gasteiger partial charge in [-0.05, 0) is 68.9 Å². The molecule has 3 atom stereocenters. The zero-order chi connectivity index (χ0) is 32.7. The minimum atomic E-state index is -0.505. The van der Waals surface area contributed by atoms with Crippen LogP contribution in [-0.4, -0.2) is 79.7 Å². The fraction of sp³-hybridized carbons (Fsp3) is 0.545. The van der Waals surface area contributed by atoms with Crippen molar-refractivity contribution in [2.75, 3.05) is 44.6 Å². The number of hydrogen-bond donors (Lipinski definition) is 3. The summed E-state index contributed by atoms with van der Waals surface area (Å²) in [5, 5.41) is 9.92. The van der Waals surface area contributed by atoms with Gasteiger partial charge in [-0.2, -0.15) is 11.8 Å². The molecule has 0 radical (unpaired) electrons. The first-order valence-electron chi connectivity index (χ1n) is 14.6. The first-order chi connectivity index (χ1) is 20.5. The Morgan fingerprint density at radius 1 is 1.07 bits per heavy atom. The fourth-order valence-corrected chi connectivity index (χ4v) is 4.84. The highest BCUT2D eigenvalue weighted by molar-refractivity contribution is 8.12. The van der Waals surface area contributed by atoms with Gasteiger partial charge in [0.2, 0.25) is 5.91 Å². The van der Waals surface area contributed by atoms with Gasteiger partial charge in [0, 0.05) is 44.1 Å². The lowest BCUT2D eigenvalue weighted by atomic mass is 10.1. The Hall–Kier alpha value is -2.53. The molecule has 43 heavy (non-hydrogen) atoms. The van der Waals surface area contributed by atoms with Crippen molar-refractivity contribution in [3.8, 4) is 11.1 Å². The topological polar surface area (TPSA) is 106 Å². The Morgan fingerprint density at radius 3 is 2.23 bits per heavy atom. The molecule has 3 N–H and O–H groups in total. The maximum Gasteiger partial charge on any atom is 0.328 e. The molecule has 1 saturated heterocycles. The molecule has 0 bridgehead atoms. The van der Waals surface area contributed by atoms with Crippen molar-refractivity contribution in [1.29, 1.82) is 0 Å². The molecule has 0 aliphatic carbocycles. The third-order valence-electron chi connectivity index (χ3n) is 6.04. The molecule has 1 aliphatic heterocycles. The van der Waals surface area contributed by atoms with Crippen LogP contribution in [0.4, 0.5) is 5.69 Å². The number of amides is 1. The average molecular weight is 636 g/mol. The van der Waals surface area contributed by atoms with Crippen LogP contribution in [0.1, 0.15) is 54.4 Å². The molecular weight excluding hydrogens is 583 g/mol. The van der Waals surface area contributed by atoms with Gasteiger partial charge < -0.3 is 25.4 Å². The third-order valence-corrected chi connectivity index (χ3v) is 7.54. The highest BCUT2D eigenvalue weighted by Gasteiger charge is 2.24. The first kappa shape index (κ1) is 40.5. The van der Waals surface area contributed by atoms with Crippen molar-refractivity contribution >= 4 is 46.7 Å². The van der Waals surface area contributed by atoms with Crippen LogP contribution < -0.4 is 16.0 Å². The Kier molecular flexibility index (Phi) is 22.5. The number of carbonyl (C=O) groups is 3. The van der Waals surface area contributed by atoms with Gasteiger partial charge in [-0.3, -0.25) is 9.59 Å². The SMILES string of the molecule is CC.COC(=O)C(CCSC)NC(C)=O.COC(C)(C)C.O=CSC1CN[C@H](CNc2cccc(-c3ccccc3)c2)C1. The van der Waals surface area contributed by atoms with E-state index in [-0.39, 0.29) is 17.5 Å². The number of carbonyl (C=O) groups excluding carboxylic acids is 3. The second kappa shape index (κ2) is 23.9. The standard InChI is InChI=1S/C18H20N2OS.C8H15NO3S.C5H12O.C2H6/c21-13-22-18-10-17(20-12-18)11-19-16-8-4-7-15(9-16)14-5-2-1-3-6-14;1-6(10)9-7(4-5-13-3)8(11)12-2;1-5(2,3)6-4;1-2/h1-9,13,17-20H,10-12H2;7H,4-5H2,1-3H3,(H,9,10);1-4H3;1-2H3/t17-,18?;;;/m0.../s1. The number of hydrogen-bond acceptors (Lipinski definition) is 9. The second-order valence-electron chi connectivity index (χ2n) is 10.4. The lowest BCUT2D eigenvalue weighted by Crippen LogP contribution is -2.40. The fourth-order valence-electron chi connectivity index (χ4n) is 3.67. The lowest BCUT2D eigenvalue weighted by Gasteiger charge is -2.14. The number of esters is 1. The highest BCUT2D eigenvalue weighted by atomic mass is 32.2. The summed E-state index contributed by atoms with van der Waals surface area (Å²) in [6.07, 6.45) is 3.59. The lowest BCUT2D eigenvalue weighted by molar-refractivity contribution is -0.144. The van der Waals surface area contributed by atoms with Gasteiger partial charge in [0.1, 0.15) is 6.04 Å². The summed E-state index contributed by atoms with van der Waals surface area (Å²) in [6.45, 7) is 13.2. The van der Waals surface area contributed by atoms with Crippen LogP contribution in [0.15, 0.2) is 54.6 Å². The Labute approximate surface area is 268 Å². The highest BCUT2D eigenvalue weighted by Crippen LogP contribution is 2.23. The number of benzene rings is 2. The van der Waals surface area contributed by atoms with Gasteiger partial charge in [0.15, 0.2) is 5.62 Å². The minimum absolute atomic E-state index is 0.0417. The zero-order valence-corrected chi connectivity index (χ0v) is 29.0. The molecule has 2 aromatic carbocycles. The van der Waals surface area contributed by atoms with E-state index in [0.29, 0.717) is 17.7 Å². The number of ether oxygens (including phenoxy) is 2. The van der Waals surface area contributed by atoms with Gasteiger partial charge in [-0.15, -0.1) is 0 Å². The minimum Gasteiger partial charge on any atom is -0.467 e. The third kappa shape index (κ3) is 19.4. The average Bonchev–Trinajstić information content (AvgIpc) is 3.47. The van der Waals surface area contributed by atoms with Crippen LogP contribution in [-0.2, 0) is 23.9 Å². The summed E-state index contributed by atoms with van der Waals surface area (Å²) in [6, 6.07) is 18.8. The molecule has 242 valence electrons. The molecule has 1 aliphatic rings.